The van der Waals surface area contributed by atoms with Crippen LogP contribution in [0.1, 0.15) is 23.5 Å². The largest absolute Gasteiger partial charge is 0.480 e. The molecule has 1 aliphatic heterocycles. The number of aliphatic carboxylic acids is 1. The third-order valence-corrected chi connectivity index (χ3v) is 4.78. The average molecular weight is 367 g/mol. The highest BCUT2D eigenvalue weighted by molar-refractivity contribution is 9.10. The van der Waals surface area contributed by atoms with Crippen molar-refractivity contribution in [2.45, 2.75) is 18.4 Å². The van der Waals surface area contributed by atoms with Gasteiger partial charge in [0.05, 0.1) is 5.69 Å². The van der Waals surface area contributed by atoms with Crippen LogP contribution in [0.15, 0.2) is 53.0 Å². The van der Waals surface area contributed by atoms with Crippen LogP contribution in [-0.4, -0.2) is 17.1 Å². The molecule has 2 unspecified atom stereocenters. The number of hydrogen-bond donors (Lipinski definition) is 1. The zero-order valence-electron chi connectivity index (χ0n) is 11.0. The standard InChI is InChI=1S/C16H13BrClNO2/c17-11-7-5-10(6-8-11)13-9-15(16(20)21)19(18)14-4-2-1-3-12(13)14/h1-8,13,15H,9H2,(H,20,21). The van der Waals surface area contributed by atoms with Crippen molar-refractivity contribution in [1.82, 2.24) is 0 Å². The van der Waals surface area contributed by atoms with Crippen LogP contribution in [0.25, 0.3) is 0 Å². The van der Waals surface area contributed by atoms with Crippen molar-refractivity contribution in [3.8, 4) is 0 Å². The zero-order valence-corrected chi connectivity index (χ0v) is 13.4. The highest BCUT2D eigenvalue weighted by atomic mass is 79.9. The molecule has 0 spiro atoms. The van der Waals surface area contributed by atoms with Gasteiger partial charge in [-0.05, 0) is 35.7 Å². The lowest BCUT2D eigenvalue weighted by molar-refractivity contribution is -0.138. The number of halogens is 2. The molecule has 0 saturated heterocycles. The van der Waals surface area contributed by atoms with Gasteiger partial charge in [0.15, 0.2) is 0 Å². The normalized spacial score (nSPS) is 21.0. The number of rotatable bonds is 2. The van der Waals surface area contributed by atoms with Crippen molar-refractivity contribution in [2.75, 3.05) is 4.42 Å². The summed E-state index contributed by atoms with van der Waals surface area (Å²) in [5.74, 6) is -0.869. The van der Waals surface area contributed by atoms with Crippen molar-refractivity contribution in [3.05, 3.63) is 64.1 Å². The van der Waals surface area contributed by atoms with Gasteiger partial charge >= 0.3 is 5.97 Å². The van der Waals surface area contributed by atoms with Crippen molar-refractivity contribution in [2.24, 2.45) is 0 Å². The van der Waals surface area contributed by atoms with E-state index in [0.717, 1.165) is 21.3 Å². The molecule has 108 valence electrons. The van der Waals surface area contributed by atoms with Crippen LogP contribution in [0.4, 0.5) is 5.69 Å². The summed E-state index contributed by atoms with van der Waals surface area (Å²) in [6.45, 7) is 0. The van der Waals surface area contributed by atoms with Crippen LogP contribution in [0.5, 0.6) is 0 Å². The van der Waals surface area contributed by atoms with Gasteiger partial charge in [-0.15, -0.1) is 0 Å². The second-order valence-corrected chi connectivity index (χ2v) is 6.34. The molecule has 2 aromatic rings. The minimum Gasteiger partial charge on any atom is -0.480 e. The zero-order chi connectivity index (χ0) is 15.0. The third kappa shape index (κ3) is 2.65. The van der Waals surface area contributed by atoms with Crippen molar-refractivity contribution < 1.29 is 9.90 Å². The van der Waals surface area contributed by atoms with E-state index in [1.165, 1.54) is 4.42 Å². The van der Waals surface area contributed by atoms with Gasteiger partial charge in [-0.25, -0.2) is 4.79 Å². The SMILES string of the molecule is O=C(O)C1CC(c2ccc(Br)cc2)c2ccccc2N1Cl. The van der Waals surface area contributed by atoms with Gasteiger partial charge in [0, 0.05) is 22.2 Å². The predicted octanol–water partition coefficient (Wildman–Crippen LogP) is 4.40. The first kappa shape index (κ1) is 14.4. The van der Waals surface area contributed by atoms with Crippen molar-refractivity contribution in [3.63, 3.8) is 0 Å². The van der Waals surface area contributed by atoms with E-state index >= 15 is 0 Å². The Bertz CT molecular complexity index is 674. The quantitative estimate of drug-likeness (QED) is 0.801. The fourth-order valence-electron chi connectivity index (χ4n) is 2.80. The molecule has 1 N–H and O–H groups in total. The molecule has 5 heteroatoms. The van der Waals surface area contributed by atoms with E-state index in [1.54, 1.807) is 0 Å². The molecule has 0 bridgehead atoms. The molecule has 0 saturated carbocycles. The van der Waals surface area contributed by atoms with Crippen LogP contribution in [-0.2, 0) is 4.79 Å². The summed E-state index contributed by atoms with van der Waals surface area (Å²) < 4.78 is 2.34. The second-order valence-electron chi connectivity index (χ2n) is 5.06. The fraction of sp³-hybridized carbons (Fsp3) is 0.188. The summed E-state index contributed by atoms with van der Waals surface area (Å²) >= 11 is 9.65. The third-order valence-electron chi connectivity index (χ3n) is 3.83. The number of fused-ring (bicyclic) bond motifs is 1. The Morgan fingerprint density at radius 2 is 1.86 bits per heavy atom. The van der Waals surface area contributed by atoms with E-state index < -0.39 is 12.0 Å². The summed E-state index contributed by atoms with van der Waals surface area (Å²) in [5.41, 5.74) is 2.93. The molecule has 0 fully saturated rings. The molecule has 3 nitrogen and oxygen atoms in total. The van der Waals surface area contributed by atoms with Crippen LogP contribution < -0.4 is 4.42 Å². The van der Waals surface area contributed by atoms with Crippen LogP contribution in [0, 0.1) is 0 Å². The van der Waals surface area contributed by atoms with E-state index in [1.807, 2.05) is 48.5 Å². The van der Waals surface area contributed by atoms with E-state index in [4.69, 9.17) is 11.8 Å². The lowest BCUT2D eigenvalue weighted by Gasteiger charge is -2.36. The van der Waals surface area contributed by atoms with E-state index in [2.05, 4.69) is 15.9 Å². The summed E-state index contributed by atoms with van der Waals surface area (Å²) in [6.07, 6.45) is 0.456. The molecular weight excluding hydrogens is 354 g/mol. The van der Waals surface area contributed by atoms with Crippen LogP contribution in [0.3, 0.4) is 0 Å². The van der Waals surface area contributed by atoms with Crippen LogP contribution in [0.2, 0.25) is 0 Å². The molecule has 3 rings (SSSR count). The van der Waals surface area contributed by atoms with Gasteiger partial charge in [-0.3, -0.25) is 4.42 Å². The van der Waals surface area contributed by atoms with Gasteiger partial charge in [0.25, 0.3) is 0 Å². The van der Waals surface area contributed by atoms with E-state index in [9.17, 15) is 9.90 Å². The monoisotopic (exact) mass is 365 g/mol. The average Bonchev–Trinajstić information content (AvgIpc) is 2.49. The molecule has 2 atom stereocenters. The fourth-order valence-corrected chi connectivity index (χ4v) is 3.38. The number of nitrogens with zero attached hydrogens (tertiary/aromatic N) is 1. The molecular formula is C16H13BrClNO2. The van der Waals surface area contributed by atoms with Crippen molar-refractivity contribution in [1.29, 1.82) is 0 Å². The number of carboxylic acids is 1. The Labute approximate surface area is 136 Å². The minimum atomic E-state index is -0.901. The second kappa shape index (κ2) is 5.70. The Kier molecular flexibility index (Phi) is 3.91. The molecule has 1 aliphatic rings. The number of carboxylic acid groups (broad SMARTS) is 1. The Morgan fingerprint density at radius 1 is 1.19 bits per heavy atom. The maximum absolute atomic E-state index is 11.5. The van der Waals surface area contributed by atoms with Gasteiger partial charge < -0.3 is 5.11 Å². The molecule has 21 heavy (non-hydrogen) atoms. The topological polar surface area (TPSA) is 40.5 Å². The number of para-hydroxylation sites is 1. The first-order valence-corrected chi connectivity index (χ1v) is 7.73. The van der Waals surface area contributed by atoms with E-state index in [-0.39, 0.29) is 5.92 Å². The number of anilines is 1. The highest BCUT2D eigenvalue weighted by Gasteiger charge is 2.36. The summed E-state index contributed by atoms with van der Waals surface area (Å²) in [7, 11) is 0. The molecule has 1 heterocycles. The Hall–Kier alpha value is -1.52. The van der Waals surface area contributed by atoms with Crippen molar-refractivity contribution >= 4 is 39.4 Å². The smallest absolute Gasteiger partial charge is 0.327 e. The maximum Gasteiger partial charge on any atom is 0.327 e. The van der Waals surface area contributed by atoms with Gasteiger partial charge in [0.2, 0.25) is 0 Å². The summed E-state index contributed by atoms with van der Waals surface area (Å²) in [5, 5.41) is 9.41. The summed E-state index contributed by atoms with van der Waals surface area (Å²) in [6, 6.07) is 15.0. The number of hydrogen-bond acceptors (Lipinski definition) is 2. The molecule has 0 radical (unpaired) electrons. The van der Waals surface area contributed by atoms with Gasteiger partial charge in [-0.1, -0.05) is 46.3 Å². The van der Waals surface area contributed by atoms with Gasteiger partial charge in [0.1, 0.15) is 6.04 Å². The lowest BCUT2D eigenvalue weighted by atomic mass is 9.82. The van der Waals surface area contributed by atoms with E-state index in [0.29, 0.717) is 6.42 Å². The lowest BCUT2D eigenvalue weighted by Crippen LogP contribution is -2.40. The Morgan fingerprint density at radius 3 is 2.52 bits per heavy atom. The Balaban J connectivity index is 2.09. The minimum absolute atomic E-state index is 0.0328. The molecule has 2 aromatic carbocycles. The first-order valence-electron chi connectivity index (χ1n) is 6.60. The van der Waals surface area contributed by atoms with Gasteiger partial charge in [-0.2, -0.15) is 0 Å². The predicted molar refractivity (Wildman–Crippen MR) is 86.8 cm³/mol. The number of benzene rings is 2. The highest BCUT2D eigenvalue weighted by Crippen LogP contribution is 2.43. The first-order chi connectivity index (χ1) is 10.1. The maximum atomic E-state index is 11.5. The number of carbonyl (C=O) groups is 1. The van der Waals surface area contributed by atoms with Crippen LogP contribution >= 0.6 is 27.7 Å². The molecule has 0 aliphatic carbocycles. The summed E-state index contributed by atoms with van der Waals surface area (Å²) in [4.78, 5) is 11.5. The molecule has 0 amide bonds. The molecule has 0 aromatic heterocycles.